The maximum atomic E-state index is 12.2. The first kappa shape index (κ1) is 14.2. The first-order valence-electron chi connectivity index (χ1n) is 6.77. The van der Waals surface area contributed by atoms with Crippen LogP contribution < -0.4 is 0 Å². The number of likely N-dealkylation sites (tertiary alicyclic amines) is 1. The van der Waals surface area contributed by atoms with E-state index < -0.39 is 0 Å². The summed E-state index contributed by atoms with van der Waals surface area (Å²) in [6, 6.07) is 0. The van der Waals surface area contributed by atoms with Crippen molar-refractivity contribution >= 4 is 5.91 Å². The van der Waals surface area contributed by atoms with Crippen molar-refractivity contribution < 1.29 is 4.79 Å². The lowest BCUT2D eigenvalue weighted by Gasteiger charge is -2.33. The maximum Gasteiger partial charge on any atom is 0.226 e. The quantitative estimate of drug-likeness (QED) is 0.662. The van der Waals surface area contributed by atoms with Crippen LogP contribution in [0.4, 0.5) is 0 Å². The Morgan fingerprint density at radius 3 is 3.00 bits per heavy atom. The Morgan fingerprint density at radius 1 is 1.59 bits per heavy atom. The van der Waals surface area contributed by atoms with Crippen molar-refractivity contribution in [2.45, 2.75) is 32.6 Å². The highest BCUT2D eigenvalue weighted by Crippen LogP contribution is 2.18. The molecule has 1 unspecified atom stereocenters. The van der Waals surface area contributed by atoms with Gasteiger partial charge in [0.1, 0.15) is 0 Å². The molecule has 1 rings (SSSR count). The first-order chi connectivity index (χ1) is 8.19. The second-order valence-corrected chi connectivity index (χ2v) is 4.98. The van der Waals surface area contributed by atoms with Gasteiger partial charge in [0.05, 0.1) is 5.92 Å². The van der Waals surface area contributed by atoms with Gasteiger partial charge in [0.15, 0.2) is 0 Å². The van der Waals surface area contributed by atoms with E-state index in [0.29, 0.717) is 5.91 Å². The highest BCUT2D eigenvalue weighted by molar-refractivity contribution is 5.78. The second-order valence-electron chi connectivity index (χ2n) is 4.98. The monoisotopic (exact) mass is 238 g/mol. The van der Waals surface area contributed by atoms with Crippen molar-refractivity contribution in [2.24, 2.45) is 5.92 Å². The smallest absolute Gasteiger partial charge is 0.226 e. The lowest BCUT2D eigenvalue weighted by atomic mass is 9.96. The molecule has 0 bridgehead atoms. The average molecular weight is 238 g/mol. The molecule has 1 fully saturated rings. The minimum Gasteiger partial charge on any atom is -0.345 e. The van der Waals surface area contributed by atoms with Crippen LogP contribution in [0.25, 0.3) is 0 Å². The first-order valence-corrected chi connectivity index (χ1v) is 6.77. The van der Waals surface area contributed by atoms with Crippen molar-refractivity contribution in [3.8, 4) is 0 Å². The zero-order chi connectivity index (χ0) is 12.7. The topological polar surface area (TPSA) is 23.6 Å². The molecule has 3 heteroatoms. The lowest BCUT2D eigenvalue weighted by molar-refractivity contribution is -0.135. The van der Waals surface area contributed by atoms with Crippen LogP contribution in [0.1, 0.15) is 32.6 Å². The number of amides is 1. The molecular formula is C14H26N2O. The van der Waals surface area contributed by atoms with Crippen LogP contribution in [0.15, 0.2) is 12.7 Å². The summed E-state index contributed by atoms with van der Waals surface area (Å²) in [5.41, 5.74) is 0. The van der Waals surface area contributed by atoms with Gasteiger partial charge in [-0.25, -0.2) is 0 Å². The number of hydrogen-bond acceptors (Lipinski definition) is 2. The van der Waals surface area contributed by atoms with Crippen molar-refractivity contribution in [1.29, 1.82) is 0 Å². The number of nitrogens with zero attached hydrogens (tertiary/aromatic N) is 2. The minimum atomic E-state index is 0.213. The van der Waals surface area contributed by atoms with Crippen LogP contribution in [0.3, 0.4) is 0 Å². The van der Waals surface area contributed by atoms with E-state index in [9.17, 15) is 4.79 Å². The van der Waals surface area contributed by atoms with Gasteiger partial charge < -0.3 is 9.80 Å². The van der Waals surface area contributed by atoms with E-state index in [-0.39, 0.29) is 5.92 Å². The predicted molar refractivity (Wildman–Crippen MR) is 71.9 cm³/mol. The summed E-state index contributed by atoms with van der Waals surface area (Å²) in [4.78, 5) is 16.5. The standard InChI is InChI=1S/C14H26N2O/c1-4-6-10-15(3)14(17)13-8-7-11-16(12-13)9-5-2/h4,13H,1,5-12H2,2-3H3. The molecule has 1 heterocycles. The molecule has 17 heavy (non-hydrogen) atoms. The molecule has 0 aromatic heterocycles. The number of piperidine rings is 1. The Bertz CT molecular complexity index is 251. The number of carbonyl (C=O) groups is 1. The zero-order valence-electron chi connectivity index (χ0n) is 11.3. The molecule has 0 aromatic rings. The third-order valence-corrected chi connectivity index (χ3v) is 3.44. The second kappa shape index (κ2) is 7.49. The fourth-order valence-corrected chi connectivity index (χ4v) is 2.48. The van der Waals surface area contributed by atoms with Crippen LogP contribution in [-0.2, 0) is 4.79 Å². The molecule has 0 aromatic carbocycles. The number of rotatable bonds is 6. The molecule has 0 N–H and O–H groups in total. The van der Waals surface area contributed by atoms with Gasteiger partial charge in [-0.15, -0.1) is 6.58 Å². The Hall–Kier alpha value is -0.830. The van der Waals surface area contributed by atoms with E-state index in [1.54, 1.807) is 0 Å². The Balaban J connectivity index is 2.42. The summed E-state index contributed by atoms with van der Waals surface area (Å²) in [6.45, 7) is 9.92. The molecule has 0 spiro atoms. The van der Waals surface area contributed by atoms with Crippen LogP contribution in [0.2, 0.25) is 0 Å². The summed E-state index contributed by atoms with van der Waals surface area (Å²) in [5.74, 6) is 0.526. The fraction of sp³-hybridized carbons (Fsp3) is 0.786. The maximum absolute atomic E-state index is 12.2. The van der Waals surface area contributed by atoms with Gasteiger partial charge in [0.25, 0.3) is 0 Å². The molecule has 1 atom stereocenters. The molecule has 1 amide bonds. The highest BCUT2D eigenvalue weighted by Gasteiger charge is 2.27. The fourth-order valence-electron chi connectivity index (χ4n) is 2.48. The van der Waals surface area contributed by atoms with Crippen molar-refractivity contribution in [2.75, 3.05) is 33.2 Å². The summed E-state index contributed by atoms with van der Waals surface area (Å²) < 4.78 is 0. The van der Waals surface area contributed by atoms with E-state index in [0.717, 1.165) is 45.4 Å². The van der Waals surface area contributed by atoms with Gasteiger partial charge in [-0.1, -0.05) is 13.0 Å². The van der Waals surface area contributed by atoms with Crippen LogP contribution >= 0.6 is 0 Å². The van der Waals surface area contributed by atoms with E-state index >= 15 is 0 Å². The molecule has 1 aliphatic heterocycles. The average Bonchev–Trinajstić information content (AvgIpc) is 2.35. The van der Waals surface area contributed by atoms with Gasteiger partial charge in [-0.2, -0.15) is 0 Å². The summed E-state index contributed by atoms with van der Waals surface area (Å²) in [5, 5.41) is 0. The number of hydrogen-bond donors (Lipinski definition) is 0. The molecule has 0 saturated carbocycles. The van der Waals surface area contributed by atoms with Crippen molar-refractivity contribution in [3.63, 3.8) is 0 Å². The Morgan fingerprint density at radius 2 is 2.35 bits per heavy atom. The lowest BCUT2D eigenvalue weighted by Crippen LogP contribution is -2.44. The molecule has 3 nitrogen and oxygen atoms in total. The van der Waals surface area contributed by atoms with Gasteiger partial charge in [-0.05, 0) is 38.8 Å². The molecule has 0 aliphatic carbocycles. The van der Waals surface area contributed by atoms with Gasteiger partial charge in [0.2, 0.25) is 5.91 Å². The summed E-state index contributed by atoms with van der Waals surface area (Å²) in [6.07, 6.45) is 6.14. The minimum absolute atomic E-state index is 0.213. The van der Waals surface area contributed by atoms with Crippen LogP contribution in [-0.4, -0.2) is 48.9 Å². The van der Waals surface area contributed by atoms with Gasteiger partial charge in [0, 0.05) is 20.1 Å². The molecule has 1 aliphatic rings. The molecule has 0 radical (unpaired) electrons. The summed E-state index contributed by atoms with van der Waals surface area (Å²) >= 11 is 0. The van der Waals surface area contributed by atoms with Crippen LogP contribution in [0, 0.1) is 5.92 Å². The predicted octanol–water partition coefficient (Wildman–Crippen LogP) is 2.14. The van der Waals surface area contributed by atoms with E-state index in [1.807, 2.05) is 18.0 Å². The summed E-state index contributed by atoms with van der Waals surface area (Å²) in [7, 11) is 1.91. The van der Waals surface area contributed by atoms with Crippen molar-refractivity contribution in [1.82, 2.24) is 9.80 Å². The Labute approximate surface area is 105 Å². The SMILES string of the molecule is C=CCCN(C)C(=O)C1CCCN(CCC)C1. The third-order valence-electron chi connectivity index (χ3n) is 3.44. The number of carbonyl (C=O) groups excluding carboxylic acids is 1. The van der Waals surface area contributed by atoms with E-state index in [1.165, 1.54) is 6.42 Å². The largest absolute Gasteiger partial charge is 0.345 e. The van der Waals surface area contributed by atoms with E-state index in [2.05, 4.69) is 18.4 Å². The van der Waals surface area contributed by atoms with Gasteiger partial charge >= 0.3 is 0 Å². The Kier molecular flexibility index (Phi) is 6.27. The highest BCUT2D eigenvalue weighted by atomic mass is 16.2. The van der Waals surface area contributed by atoms with Crippen molar-refractivity contribution in [3.05, 3.63) is 12.7 Å². The molecular weight excluding hydrogens is 212 g/mol. The molecule has 98 valence electrons. The molecule has 1 saturated heterocycles. The third kappa shape index (κ3) is 4.50. The normalized spacial score (nSPS) is 21.2. The van der Waals surface area contributed by atoms with Crippen LogP contribution in [0.5, 0.6) is 0 Å². The zero-order valence-corrected chi connectivity index (χ0v) is 11.3. The van der Waals surface area contributed by atoms with E-state index in [4.69, 9.17) is 0 Å². The van der Waals surface area contributed by atoms with Gasteiger partial charge in [-0.3, -0.25) is 4.79 Å².